The van der Waals surface area contributed by atoms with Gasteiger partial charge in [0.15, 0.2) is 0 Å². The summed E-state index contributed by atoms with van der Waals surface area (Å²) < 4.78 is 5.30. The lowest BCUT2D eigenvalue weighted by molar-refractivity contribution is -0.121. The van der Waals surface area contributed by atoms with Gasteiger partial charge in [-0.3, -0.25) is 9.59 Å². The Morgan fingerprint density at radius 2 is 1.19 bits per heavy atom. The van der Waals surface area contributed by atoms with Crippen molar-refractivity contribution >= 4 is 11.6 Å². The van der Waals surface area contributed by atoms with Gasteiger partial charge in [-0.15, -0.1) is 0 Å². The zero-order chi connectivity index (χ0) is 16.1. The second kappa shape index (κ2) is 12.9. The standard InChI is InChI=1S/C16H30O5/c1-13(11-17)3-5-15(19)7-9-21-10-8-16(20)6-4-14(2)12-18/h13-14,17-18H,3-12H2,1-2H3. The Morgan fingerprint density at radius 1 is 0.810 bits per heavy atom. The second-order valence-corrected chi connectivity index (χ2v) is 5.84. The summed E-state index contributed by atoms with van der Waals surface area (Å²) >= 11 is 0. The molecule has 0 saturated carbocycles. The summed E-state index contributed by atoms with van der Waals surface area (Å²) in [5.74, 6) is 0.597. The van der Waals surface area contributed by atoms with E-state index in [0.717, 1.165) is 0 Å². The molecule has 0 saturated heterocycles. The summed E-state index contributed by atoms with van der Waals surface area (Å²) in [5, 5.41) is 17.7. The van der Waals surface area contributed by atoms with Crippen molar-refractivity contribution in [2.24, 2.45) is 11.8 Å². The molecular weight excluding hydrogens is 272 g/mol. The van der Waals surface area contributed by atoms with Gasteiger partial charge in [0.1, 0.15) is 11.6 Å². The van der Waals surface area contributed by atoms with E-state index in [2.05, 4.69) is 0 Å². The molecule has 2 N–H and O–H groups in total. The summed E-state index contributed by atoms with van der Waals surface area (Å²) in [6.07, 6.45) is 3.10. The predicted molar refractivity (Wildman–Crippen MR) is 81.0 cm³/mol. The van der Waals surface area contributed by atoms with Crippen molar-refractivity contribution in [3.8, 4) is 0 Å². The van der Waals surface area contributed by atoms with Crippen molar-refractivity contribution < 1.29 is 24.5 Å². The van der Waals surface area contributed by atoms with Crippen LogP contribution in [0.15, 0.2) is 0 Å². The van der Waals surface area contributed by atoms with Crippen LogP contribution < -0.4 is 0 Å². The van der Waals surface area contributed by atoms with Gasteiger partial charge >= 0.3 is 0 Å². The molecule has 0 bridgehead atoms. The molecule has 0 aromatic heterocycles. The number of hydrogen-bond acceptors (Lipinski definition) is 5. The number of ketones is 2. The average Bonchev–Trinajstić information content (AvgIpc) is 2.49. The van der Waals surface area contributed by atoms with Crippen LogP contribution >= 0.6 is 0 Å². The molecule has 0 aliphatic rings. The van der Waals surface area contributed by atoms with Crippen LogP contribution in [0.1, 0.15) is 52.4 Å². The predicted octanol–water partition coefficient (Wildman–Crippen LogP) is 1.74. The highest BCUT2D eigenvalue weighted by Crippen LogP contribution is 2.07. The Labute approximate surface area is 127 Å². The van der Waals surface area contributed by atoms with Crippen molar-refractivity contribution in [1.29, 1.82) is 0 Å². The fourth-order valence-electron chi connectivity index (χ4n) is 1.72. The molecule has 0 radical (unpaired) electrons. The van der Waals surface area contributed by atoms with Crippen molar-refractivity contribution in [1.82, 2.24) is 0 Å². The van der Waals surface area contributed by atoms with Crippen LogP contribution in [0.25, 0.3) is 0 Å². The third kappa shape index (κ3) is 12.7. The second-order valence-electron chi connectivity index (χ2n) is 5.84. The normalized spacial score (nSPS) is 13.9. The van der Waals surface area contributed by atoms with Crippen molar-refractivity contribution in [2.45, 2.75) is 52.4 Å². The largest absolute Gasteiger partial charge is 0.396 e. The molecule has 0 amide bonds. The number of Topliss-reactive ketones (excluding diaryl/α,β-unsaturated/α-hetero) is 2. The highest BCUT2D eigenvalue weighted by atomic mass is 16.5. The molecule has 2 unspecified atom stereocenters. The van der Waals surface area contributed by atoms with Gasteiger partial charge in [0.25, 0.3) is 0 Å². The first kappa shape index (κ1) is 20.2. The average molecular weight is 302 g/mol. The molecule has 21 heavy (non-hydrogen) atoms. The SMILES string of the molecule is CC(CO)CCC(=O)CCOCCC(=O)CCC(C)CO. The number of carbonyl (C=O) groups excluding carboxylic acids is 2. The molecular formula is C16H30O5. The van der Waals surface area contributed by atoms with E-state index in [0.29, 0.717) is 51.7 Å². The van der Waals surface area contributed by atoms with Gasteiger partial charge in [0.2, 0.25) is 0 Å². The van der Waals surface area contributed by atoms with Crippen molar-refractivity contribution in [3.05, 3.63) is 0 Å². The van der Waals surface area contributed by atoms with Gasteiger partial charge in [0, 0.05) is 38.9 Å². The number of rotatable bonds is 14. The molecule has 0 spiro atoms. The fraction of sp³-hybridized carbons (Fsp3) is 0.875. The molecule has 0 aromatic rings. The molecule has 5 nitrogen and oxygen atoms in total. The highest BCUT2D eigenvalue weighted by molar-refractivity contribution is 5.79. The molecule has 2 atom stereocenters. The zero-order valence-electron chi connectivity index (χ0n) is 13.3. The van der Waals surface area contributed by atoms with Crippen molar-refractivity contribution in [3.63, 3.8) is 0 Å². The Kier molecular flexibility index (Phi) is 12.4. The number of aliphatic hydroxyl groups excluding tert-OH is 2. The smallest absolute Gasteiger partial charge is 0.135 e. The van der Waals surface area contributed by atoms with Crippen LogP contribution in [0.5, 0.6) is 0 Å². The van der Waals surface area contributed by atoms with Gasteiger partial charge in [-0.25, -0.2) is 0 Å². The van der Waals surface area contributed by atoms with Crippen LogP contribution in [0, 0.1) is 11.8 Å². The first-order chi connectivity index (χ1) is 9.99. The lowest BCUT2D eigenvalue weighted by Crippen LogP contribution is -2.11. The van der Waals surface area contributed by atoms with Crippen LogP contribution in [0.4, 0.5) is 0 Å². The quantitative estimate of drug-likeness (QED) is 0.477. The number of ether oxygens (including phenoxy) is 1. The molecule has 0 fully saturated rings. The minimum absolute atomic E-state index is 0.112. The number of aliphatic hydroxyl groups is 2. The molecule has 5 heteroatoms. The summed E-state index contributed by atoms with van der Waals surface area (Å²) in [6, 6.07) is 0. The van der Waals surface area contributed by atoms with E-state index in [-0.39, 0.29) is 36.6 Å². The third-order valence-electron chi connectivity index (χ3n) is 3.51. The number of carbonyl (C=O) groups is 2. The molecule has 0 aliphatic carbocycles. The topological polar surface area (TPSA) is 83.8 Å². The maximum atomic E-state index is 11.5. The van der Waals surface area contributed by atoms with E-state index in [1.54, 1.807) is 0 Å². The van der Waals surface area contributed by atoms with E-state index in [1.807, 2.05) is 13.8 Å². The van der Waals surface area contributed by atoms with Gasteiger partial charge in [0.05, 0.1) is 13.2 Å². The Hall–Kier alpha value is -0.780. The summed E-state index contributed by atoms with van der Waals surface area (Å²) in [6.45, 7) is 4.75. The highest BCUT2D eigenvalue weighted by Gasteiger charge is 2.08. The fourth-order valence-corrected chi connectivity index (χ4v) is 1.72. The maximum absolute atomic E-state index is 11.5. The first-order valence-corrected chi connectivity index (χ1v) is 7.82. The maximum Gasteiger partial charge on any atom is 0.135 e. The first-order valence-electron chi connectivity index (χ1n) is 7.82. The Bertz CT molecular complexity index is 262. The monoisotopic (exact) mass is 302 g/mol. The minimum Gasteiger partial charge on any atom is -0.396 e. The molecule has 0 heterocycles. The summed E-state index contributed by atoms with van der Waals surface area (Å²) in [7, 11) is 0. The molecule has 0 rings (SSSR count). The lowest BCUT2D eigenvalue weighted by atomic mass is 10.0. The van der Waals surface area contributed by atoms with Crippen LogP contribution in [-0.4, -0.2) is 48.2 Å². The van der Waals surface area contributed by atoms with Crippen molar-refractivity contribution in [2.75, 3.05) is 26.4 Å². The zero-order valence-corrected chi connectivity index (χ0v) is 13.3. The van der Waals surface area contributed by atoms with E-state index in [4.69, 9.17) is 14.9 Å². The lowest BCUT2D eigenvalue weighted by Gasteiger charge is -2.08. The number of hydrogen-bond donors (Lipinski definition) is 2. The van der Waals surface area contributed by atoms with Gasteiger partial charge in [-0.2, -0.15) is 0 Å². The third-order valence-corrected chi connectivity index (χ3v) is 3.51. The molecule has 0 aromatic carbocycles. The Balaban J connectivity index is 3.46. The molecule has 0 aliphatic heterocycles. The van der Waals surface area contributed by atoms with E-state index >= 15 is 0 Å². The van der Waals surface area contributed by atoms with Gasteiger partial charge < -0.3 is 14.9 Å². The van der Waals surface area contributed by atoms with Crippen LogP contribution in [-0.2, 0) is 14.3 Å². The van der Waals surface area contributed by atoms with E-state index in [9.17, 15) is 9.59 Å². The van der Waals surface area contributed by atoms with Gasteiger partial charge in [-0.05, 0) is 24.7 Å². The van der Waals surface area contributed by atoms with Crippen LogP contribution in [0.2, 0.25) is 0 Å². The Morgan fingerprint density at radius 3 is 1.52 bits per heavy atom. The van der Waals surface area contributed by atoms with Crippen LogP contribution in [0.3, 0.4) is 0 Å². The minimum atomic E-state index is 0.112. The van der Waals surface area contributed by atoms with E-state index < -0.39 is 0 Å². The van der Waals surface area contributed by atoms with E-state index in [1.165, 1.54) is 0 Å². The summed E-state index contributed by atoms with van der Waals surface area (Å²) in [5.41, 5.74) is 0. The summed E-state index contributed by atoms with van der Waals surface area (Å²) in [4.78, 5) is 23.0. The van der Waals surface area contributed by atoms with Gasteiger partial charge in [-0.1, -0.05) is 13.8 Å². The molecule has 124 valence electrons.